The second-order valence-electron chi connectivity index (χ2n) is 5.55. The number of aromatic nitrogens is 2. The minimum atomic E-state index is -0.219. The number of hydrogen-bond donors (Lipinski definition) is 2. The van der Waals surface area contributed by atoms with Gasteiger partial charge in [-0.15, -0.1) is 0 Å². The molecule has 0 unspecified atom stereocenters. The number of hydrogen-bond acceptors (Lipinski definition) is 7. The molecule has 1 aromatic heterocycles. The molecule has 0 spiro atoms. The van der Waals surface area contributed by atoms with Crippen molar-refractivity contribution < 1.29 is 13.8 Å². The van der Waals surface area contributed by atoms with E-state index in [1.807, 2.05) is 26.2 Å². The van der Waals surface area contributed by atoms with Gasteiger partial charge in [0, 0.05) is 26.3 Å². The summed E-state index contributed by atoms with van der Waals surface area (Å²) in [5, 5.41) is 13.1. The lowest BCUT2D eigenvalue weighted by molar-refractivity contribution is -0.117. The van der Waals surface area contributed by atoms with Crippen molar-refractivity contribution in [3.63, 3.8) is 0 Å². The smallest absolute Gasteiger partial charge is 0.222 e. The molecule has 28 heavy (non-hydrogen) atoms. The summed E-state index contributed by atoms with van der Waals surface area (Å²) in [6, 6.07) is 5.02. The average molecular weight is 410 g/mol. The summed E-state index contributed by atoms with van der Waals surface area (Å²) < 4.78 is 17.0. The SMILES string of the molecule is CC.CN=C(NC(C)=O)c1nonc1NCCSC.Fc1ccc2c(c1)CC2. The van der Waals surface area contributed by atoms with Gasteiger partial charge in [0.1, 0.15) is 5.82 Å². The lowest BCUT2D eigenvalue weighted by Gasteiger charge is -2.17. The summed E-state index contributed by atoms with van der Waals surface area (Å²) in [6.07, 6.45) is 4.21. The average Bonchev–Trinajstić information content (AvgIpc) is 3.13. The van der Waals surface area contributed by atoms with Crippen molar-refractivity contribution in [3.8, 4) is 0 Å². The highest BCUT2D eigenvalue weighted by molar-refractivity contribution is 7.98. The summed E-state index contributed by atoms with van der Waals surface area (Å²) in [4.78, 5) is 14.9. The molecule has 0 atom stereocenters. The molecule has 1 amide bonds. The van der Waals surface area contributed by atoms with Crippen molar-refractivity contribution in [2.45, 2.75) is 33.6 Å². The van der Waals surface area contributed by atoms with Crippen molar-refractivity contribution in [1.82, 2.24) is 15.6 Å². The van der Waals surface area contributed by atoms with Crippen LogP contribution in [0.15, 0.2) is 27.8 Å². The van der Waals surface area contributed by atoms with E-state index in [1.165, 1.54) is 24.1 Å². The van der Waals surface area contributed by atoms with Gasteiger partial charge in [-0.2, -0.15) is 11.8 Å². The third-order valence-corrected chi connectivity index (χ3v) is 4.27. The molecule has 7 nitrogen and oxygen atoms in total. The van der Waals surface area contributed by atoms with Crippen LogP contribution in [0, 0.1) is 5.82 Å². The summed E-state index contributed by atoms with van der Waals surface area (Å²) in [5.41, 5.74) is 2.91. The van der Waals surface area contributed by atoms with Crippen molar-refractivity contribution in [3.05, 3.63) is 40.8 Å². The van der Waals surface area contributed by atoms with Crippen LogP contribution in [0.5, 0.6) is 0 Å². The molecule has 1 aliphatic carbocycles. The molecule has 3 rings (SSSR count). The first-order valence-corrected chi connectivity index (χ1v) is 10.5. The van der Waals surface area contributed by atoms with Crippen LogP contribution in [-0.4, -0.2) is 47.7 Å². The van der Waals surface area contributed by atoms with E-state index in [4.69, 9.17) is 0 Å². The zero-order valence-corrected chi connectivity index (χ0v) is 17.8. The van der Waals surface area contributed by atoms with Crippen molar-refractivity contribution >= 4 is 29.3 Å². The summed E-state index contributed by atoms with van der Waals surface area (Å²) in [7, 11) is 1.56. The number of aliphatic imine (C=N–C) groups is 1. The number of amidine groups is 1. The van der Waals surface area contributed by atoms with Crippen LogP contribution in [0.1, 0.15) is 37.6 Å². The molecule has 2 N–H and O–H groups in total. The number of halogens is 1. The number of anilines is 1. The maximum Gasteiger partial charge on any atom is 0.222 e. The molecular formula is C19H28FN5O2S. The number of carbonyl (C=O) groups is 1. The van der Waals surface area contributed by atoms with Crippen molar-refractivity contribution in [1.29, 1.82) is 0 Å². The monoisotopic (exact) mass is 409 g/mol. The highest BCUT2D eigenvalue weighted by Gasteiger charge is 2.16. The van der Waals surface area contributed by atoms with Gasteiger partial charge >= 0.3 is 0 Å². The van der Waals surface area contributed by atoms with Crippen LogP contribution in [0.2, 0.25) is 0 Å². The highest BCUT2D eigenvalue weighted by Crippen LogP contribution is 2.22. The van der Waals surface area contributed by atoms with Gasteiger partial charge in [-0.25, -0.2) is 9.02 Å². The van der Waals surface area contributed by atoms with E-state index in [-0.39, 0.29) is 11.7 Å². The van der Waals surface area contributed by atoms with Crippen molar-refractivity contribution in [2.24, 2.45) is 4.99 Å². The van der Waals surface area contributed by atoms with Gasteiger partial charge in [0.05, 0.1) is 0 Å². The van der Waals surface area contributed by atoms with Crippen LogP contribution in [0.25, 0.3) is 0 Å². The second-order valence-corrected chi connectivity index (χ2v) is 6.53. The van der Waals surface area contributed by atoms with Gasteiger partial charge in [0.2, 0.25) is 11.7 Å². The number of amides is 1. The standard InChI is InChI=1S/C9H15N5O2S.C8H7F.C2H6/c1-6(15)12-8(10-2)7-9(14-16-13-7)11-4-5-17-3;9-8-4-3-6-1-2-7(6)5-8;1-2/h4-5H2,1-3H3,(H,11,14)(H,10,12,15);3-5H,1-2H2;1-2H3. The Morgan fingerprint density at radius 2 is 2.00 bits per heavy atom. The first kappa shape index (κ1) is 23.6. The highest BCUT2D eigenvalue weighted by atomic mass is 32.2. The molecule has 0 fully saturated rings. The van der Waals surface area contributed by atoms with E-state index in [1.54, 1.807) is 24.9 Å². The van der Waals surface area contributed by atoms with Gasteiger partial charge in [-0.05, 0) is 52.7 Å². The Morgan fingerprint density at radius 3 is 2.50 bits per heavy atom. The molecular weight excluding hydrogens is 381 g/mol. The molecule has 0 saturated heterocycles. The van der Waals surface area contributed by atoms with Crippen LogP contribution in [0.3, 0.4) is 0 Å². The number of rotatable bonds is 5. The minimum Gasteiger partial charge on any atom is -0.364 e. The lowest BCUT2D eigenvalue weighted by Crippen LogP contribution is -2.30. The number of nitrogens with zero attached hydrogens (tertiary/aromatic N) is 3. The van der Waals surface area contributed by atoms with Crippen LogP contribution < -0.4 is 10.6 Å². The Kier molecular flexibility index (Phi) is 10.9. The molecule has 1 aliphatic rings. The largest absolute Gasteiger partial charge is 0.364 e. The normalized spacial score (nSPS) is 11.7. The maximum atomic E-state index is 12.4. The molecule has 0 radical (unpaired) electrons. The van der Waals surface area contributed by atoms with Gasteiger partial charge in [0.25, 0.3) is 0 Å². The quantitative estimate of drug-likeness (QED) is 0.447. The third kappa shape index (κ3) is 7.30. The maximum absolute atomic E-state index is 12.4. The fraction of sp³-hybridized carbons (Fsp3) is 0.474. The Hall–Kier alpha value is -2.42. The molecule has 0 aliphatic heterocycles. The Balaban J connectivity index is 0.000000295. The van der Waals surface area contributed by atoms with E-state index in [9.17, 15) is 9.18 Å². The van der Waals surface area contributed by atoms with Gasteiger partial charge < -0.3 is 10.6 Å². The topological polar surface area (TPSA) is 92.4 Å². The molecule has 0 saturated carbocycles. The first-order valence-electron chi connectivity index (χ1n) is 9.12. The molecule has 2 aromatic rings. The fourth-order valence-electron chi connectivity index (χ4n) is 2.28. The third-order valence-electron chi connectivity index (χ3n) is 3.66. The predicted molar refractivity (Wildman–Crippen MR) is 113 cm³/mol. The number of carbonyl (C=O) groups excluding carboxylic acids is 1. The van der Waals surface area contributed by atoms with E-state index in [0.717, 1.165) is 25.1 Å². The number of aryl methyl sites for hydroxylation is 2. The summed E-state index contributed by atoms with van der Waals surface area (Å²) >= 11 is 1.71. The van der Waals surface area contributed by atoms with Gasteiger partial charge in [-0.3, -0.25) is 9.79 Å². The van der Waals surface area contributed by atoms with Crippen LogP contribution in [0.4, 0.5) is 10.2 Å². The fourth-order valence-corrected chi connectivity index (χ4v) is 2.59. The predicted octanol–water partition coefficient (Wildman–Crippen LogP) is 3.31. The molecule has 0 bridgehead atoms. The second kappa shape index (κ2) is 12.9. The Labute approximate surface area is 169 Å². The summed E-state index contributed by atoms with van der Waals surface area (Å²) in [6.45, 7) is 6.14. The van der Waals surface area contributed by atoms with Crippen LogP contribution in [-0.2, 0) is 17.6 Å². The molecule has 1 aromatic carbocycles. The summed E-state index contributed by atoms with van der Waals surface area (Å²) in [5.74, 6) is 1.43. The van der Waals surface area contributed by atoms with Crippen molar-refractivity contribution in [2.75, 3.05) is 30.9 Å². The Morgan fingerprint density at radius 1 is 1.29 bits per heavy atom. The van der Waals surface area contributed by atoms with E-state index in [2.05, 4.69) is 30.6 Å². The molecule has 1 heterocycles. The first-order chi connectivity index (χ1) is 13.5. The van der Waals surface area contributed by atoms with Crippen LogP contribution >= 0.6 is 11.8 Å². The zero-order chi connectivity index (χ0) is 20.9. The van der Waals surface area contributed by atoms with Gasteiger partial charge in [-0.1, -0.05) is 19.9 Å². The number of thioether (sulfide) groups is 1. The lowest BCUT2D eigenvalue weighted by atomic mass is 9.89. The van der Waals surface area contributed by atoms with E-state index < -0.39 is 0 Å². The van der Waals surface area contributed by atoms with E-state index in [0.29, 0.717) is 17.3 Å². The Bertz CT molecular complexity index is 779. The zero-order valence-electron chi connectivity index (χ0n) is 17.0. The number of nitrogens with one attached hydrogen (secondary N) is 2. The molecule has 9 heteroatoms. The number of benzene rings is 1. The van der Waals surface area contributed by atoms with Gasteiger partial charge in [0.15, 0.2) is 11.5 Å². The molecule has 154 valence electrons. The number of fused-ring (bicyclic) bond motifs is 1. The minimum absolute atomic E-state index is 0.103. The van der Waals surface area contributed by atoms with E-state index >= 15 is 0 Å².